The Hall–Kier alpha value is -5.29. The molecular weight excluding hydrogens is 715 g/mol. The van der Waals surface area contributed by atoms with Gasteiger partial charge in [0, 0.05) is 87.9 Å². The first-order chi connectivity index (χ1) is 27.8. The summed E-state index contributed by atoms with van der Waals surface area (Å²) in [5, 5.41) is 21.5. The lowest BCUT2D eigenvalue weighted by Gasteiger charge is -2.57. The SMILES string of the molecule is O=C1CC[C@H](c2ccc(N3CCC(C(=O)N4CCC5(CC4)CN(CC4(c6ccccc6)CCN(c6cnnc(-c7ccccc7O)c6)CC4)C5)CC3)cc2)C(=O)N1. The van der Waals surface area contributed by atoms with E-state index in [-0.39, 0.29) is 34.8 Å². The van der Waals surface area contributed by atoms with Crippen molar-refractivity contribution in [3.63, 3.8) is 0 Å². The number of hydrogen-bond donors (Lipinski definition) is 2. The third kappa shape index (κ3) is 7.61. The third-order valence-corrected chi connectivity index (χ3v) is 13.8. The molecule has 2 N–H and O–H groups in total. The Morgan fingerprint density at radius 2 is 1.46 bits per heavy atom. The summed E-state index contributed by atoms with van der Waals surface area (Å²) >= 11 is 0. The van der Waals surface area contributed by atoms with Crippen molar-refractivity contribution < 1.29 is 19.5 Å². The molecule has 5 aliphatic rings. The maximum Gasteiger partial charge on any atom is 0.234 e. The van der Waals surface area contributed by atoms with E-state index in [0.717, 1.165) is 114 Å². The van der Waals surface area contributed by atoms with Gasteiger partial charge in [-0.3, -0.25) is 19.7 Å². The molecule has 11 heteroatoms. The van der Waals surface area contributed by atoms with Crippen molar-refractivity contribution in [3.8, 4) is 17.0 Å². The molecule has 0 saturated carbocycles. The number of carbonyl (C=O) groups excluding carboxylic acids is 3. The van der Waals surface area contributed by atoms with E-state index in [4.69, 9.17) is 0 Å². The number of piperidine rings is 4. The fourth-order valence-corrected chi connectivity index (χ4v) is 10.4. The predicted molar refractivity (Wildman–Crippen MR) is 220 cm³/mol. The van der Waals surface area contributed by atoms with Crippen LogP contribution in [0.5, 0.6) is 5.75 Å². The second-order valence-corrected chi connectivity index (χ2v) is 17.3. The smallest absolute Gasteiger partial charge is 0.234 e. The van der Waals surface area contributed by atoms with Crippen LogP contribution < -0.4 is 15.1 Å². The van der Waals surface area contributed by atoms with Gasteiger partial charge in [-0.1, -0.05) is 54.6 Å². The second-order valence-electron chi connectivity index (χ2n) is 17.3. The Balaban J connectivity index is 0.761. The quantitative estimate of drug-likeness (QED) is 0.216. The van der Waals surface area contributed by atoms with E-state index in [2.05, 4.69) is 77.6 Å². The molecular formula is C46H53N7O4. The van der Waals surface area contributed by atoms with Crippen LogP contribution in [0.3, 0.4) is 0 Å². The van der Waals surface area contributed by atoms with Crippen LogP contribution >= 0.6 is 0 Å². The van der Waals surface area contributed by atoms with Crippen molar-refractivity contribution in [3.05, 3.63) is 102 Å². The highest BCUT2D eigenvalue weighted by molar-refractivity contribution is 6.01. The molecule has 0 aliphatic carbocycles. The number of carbonyl (C=O) groups is 3. The Labute approximate surface area is 335 Å². The van der Waals surface area contributed by atoms with Crippen molar-refractivity contribution in [2.45, 2.75) is 62.7 Å². The van der Waals surface area contributed by atoms with Gasteiger partial charge in [0.05, 0.1) is 23.5 Å². The first kappa shape index (κ1) is 37.3. The molecule has 57 heavy (non-hydrogen) atoms. The van der Waals surface area contributed by atoms with Crippen LogP contribution in [-0.2, 0) is 19.8 Å². The van der Waals surface area contributed by atoms with E-state index in [1.165, 1.54) is 5.56 Å². The number of rotatable bonds is 8. The summed E-state index contributed by atoms with van der Waals surface area (Å²) in [6.07, 6.45) is 8.74. The number of aromatic nitrogens is 2. The van der Waals surface area contributed by atoms with Gasteiger partial charge in [-0.15, -0.1) is 0 Å². The molecule has 296 valence electrons. The molecule has 1 aromatic heterocycles. The average molecular weight is 768 g/mol. The molecule has 3 aromatic carbocycles. The predicted octanol–water partition coefficient (Wildman–Crippen LogP) is 5.75. The summed E-state index contributed by atoms with van der Waals surface area (Å²) < 4.78 is 0. The number of hydrogen-bond acceptors (Lipinski definition) is 9. The Morgan fingerprint density at radius 3 is 2.16 bits per heavy atom. The molecule has 5 aliphatic heterocycles. The maximum absolute atomic E-state index is 13.8. The molecule has 0 radical (unpaired) electrons. The van der Waals surface area contributed by atoms with E-state index >= 15 is 0 Å². The zero-order valence-corrected chi connectivity index (χ0v) is 32.7. The maximum atomic E-state index is 13.8. The number of aromatic hydroxyl groups is 1. The first-order valence-electron chi connectivity index (χ1n) is 20.9. The number of nitrogens with zero attached hydrogens (tertiary/aromatic N) is 6. The van der Waals surface area contributed by atoms with Gasteiger partial charge < -0.3 is 24.7 Å². The molecule has 1 atom stereocenters. The monoisotopic (exact) mass is 767 g/mol. The van der Waals surface area contributed by atoms with E-state index in [9.17, 15) is 19.5 Å². The number of para-hydroxylation sites is 1. The lowest BCUT2D eigenvalue weighted by molar-refractivity contribution is -0.141. The van der Waals surface area contributed by atoms with Crippen LogP contribution in [-0.4, -0.2) is 102 Å². The Kier molecular flexibility index (Phi) is 10.2. The first-order valence-corrected chi connectivity index (χ1v) is 20.9. The fraction of sp³-hybridized carbons (Fsp3) is 0.457. The normalized spacial score (nSPS) is 22.6. The zero-order valence-electron chi connectivity index (χ0n) is 32.7. The molecule has 9 rings (SSSR count). The lowest BCUT2D eigenvalue weighted by atomic mass is 9.68. The van der Waals surface area contributed by atoms with Crippen LogP contribution in [0.4, 0.5) is 11.4 Å². The minimum atomic E-state index is -0.272. The van der Waals surface area contributed by atoms with Gasteiger partial charge in [-0.2, -0.15) is 10.2 Å². The molecule has 3 amide bonds. The van der Waals surface area contributed by atoms with E-state index in [1.54, 1.807) is 6.07 Å². The van der Waals surface area contributed by atoms with Crippen molar-refractivity contribution >= 4 is 29.1 Å². The van der Waals surface area contributed by atoms with Gasteiger partial charge in [0.2, 0.25) is 17.7 Å². The number of amides is 3. The number of nitrogens with one attached hydrogen (secondary N) is 1. The second kappa shape index (κ2) is 15.6. The molecule has 1 spiro atoms. The van der Waals surface area contributed by atoms with E-state index in [1.807, 2.05) is 42.6 Å². The third-order valence-electron chi connectivity index (χ3n) is 13.8. The number of imide groups is 1. The molecule has 0 bridgehead atoms. The van der Waals surface area contributed by atoms with Gasteiger partial charge in [0.1, 0.15) is 5.75 Å². The van der Waals surface area contributed by atoms with Gasteiger partial charge in [0.25, 0.3) is 0 Å². The van der Waals surface area contributed by atoms with Crippen LogP contribution in [0.15, 0.2) is 91.1 Å². The molecule has 0 unspecified atom stereocenters. The highest BCUT2D eigenvalue weighted by Crippen LogP contribution is 2.45. The Morgan fingerprint density at radius 1 is 0.772 bits per heavy atom. The van der Waals surface area contributed by atoms with E-state index < -0.39 is 0 Å². The van der Waals surface area contributed by atoms with Crippen molar-refractivity contribution in [2.24, 2.45) is 11.3 Å². The number of likely N-dealkylation sites (tertiary alicyclic amines) is 2. The summed E-state index contributed by atoms with van der Waals surface area (Å²) in [5.74, 6) is -0.0485. The largest absolute Gasteiger partial charge is 0.507 e. The van der Waals surface area contributed by atoms with Gasteiger partial charge in [-0.05, 0) is 91.8 Å². The van der Waals surface area contributed by atoms with Gasteiger partial charge in [-0.25, -0.2) is 0 Å². The van der Waals surface area contributed by atoms with Crippen LogP contribution in [0, 0.1) is 11.3 Å². The van der Waals surface area contributed by atoms with E-state index in [0.29, 0.717) is 35.4 Å². The molecule has 5 fully saturated rings. The number of anilines is 2. The lowest BCUT2D eigenvalue weighted by Crippen LogP contribution is -2.64. The summed E-state index contributed by atoms with van der Waals surface area (Å²) in [7, 11) is 0. The zero-order chi connectivity index (χ0) is 39.0. The summed E-state index contributed by atoms with van der Waals surface area (Å²) in [6.45, 7) is 8.51. The summed E-state index contributed by atoms with van der Waals surface area (Å²) in [4.78, 5) is 47.2. The minimum absolute atomic E-state index is 0.0709. The molecule has 4 aromatic rings. The average Bonchev–Trinajstić information content (AvgIpc) is 3.24. The number of phenols is 1. The van der Waals surface area contributed by atoms with Gasteiger partial charge in [0.15, 0.2) is 0 Å². The molecule has 6 heterocycles. The van der Waals surface area contributed by atoms with Crippen LogP contribution in [0.1, 0.15) is 68.4 Å². The van der Waals surface area contributed by atoms with Gasteiger partial charge >= 0.3 is 0 Å². The molecule has 11 nitrogen and oxygen atoms in total. The topological polar surface area (TPSA) is 122 Å². The number of benzene rings is 3. The van der Waals surface area contributed by atoms with Crippen molar-refractivity contribution in [1.82, 2.24) is 25.3 Å². The summed E-state index contributed by atoms with van der Waals surface area (Å²) in [6, 6.07) is 28.6. The Bertz CT molecular complexity index is 2080. The highest BCUT2D eigenvalue weighted by Gasteiger charge is 2.49. The molecule has 5 saturated heterocycles. The van der Waals surface area contributed by atoms with Crippen LogP contribution in [0.25, 0.3) is 11.3 Å². The van der Waals surface area contributed by atoms with Crippen molar-refractivity contribution in [1.29, 1.82) is 0 Å². The summed E-state index contributed by atoms with van der Waals surface area (Å²) in [5.41, 5.74) is 6.28. The van der Waals surface area contributed by atoms with Crippen LogP contribution in [0.2, 0.25) is 0 Å². The minimum Gasteiger partial charge on any atom is -0.507 e. The highest BCUT2D eigenvalue weighted by atomic mass is 16.3. The number of phenolic OH excluding ortho intramolecular Hbond substituents is 1. The fourth-order valence-electron chi connectivity index (χ4n) is 10.4. The standard InChI is InChI=1S/C46H53N7O4/c54-41-9-5-4-8-39(41)40-28-37(29-47-49-40)52-26-20-46(21-27-52,35-6-2-1-3-7-35)32-50-30-45(31-50)18-24-53(25-19-45)44(57)34-16-22-51(23-17-34)36-12-10-33(11-13-36)38-14-15-42(55)48-43(38)56/h1-13,28-29,34,38,54H,14-27,30-32H2,(H,48,55,56)/t38-/m1/s1. The van der Waals surface area contributed by atoms with Crippen molar-refractivity contribution in [2.75, 3.05) is 68.7 Å².